The number of carbonyl (C=O) groups is 2. The average Bonchev–Trinajstić information content (AvgIpc) is 2.50. The van der Waals surface area contributed by atoms with E-state index < -0.39 is 17.9 Å². The van der Waals surface area contributed by atoms with Gasteiger partial charge >= 0.3 is 0 Å². The molecule has 0 fully saturated rings. The van der Waals surface area contributed by atoms with Crippen molar-refractivity contribution in [2.75, 3.05) is 26.1 Å². The molecule has 1 atom stereocenters. The van der Waals surface area contributed by atoms with Crippen LogP contribution >= 0.6 is 0 Å². The Morgan fingerprint density at radius 1 is 1.26 bits per heavy atom. The van der Waals surface area contributed by atoms with Gasteiger partial charge in [0.05, 0.1) is 38.8 Å². The van der Waals surface area contributed by atoms with Crippen LogP contribution in [0.3, 0.4) is 0 Å². The number of benzene rings is 1. The number of methoxy groups -OCH3 is 2. The number of hydrogen-bond donors (Lipinski definition) is 2. The second-order valence-electron chi connectivity index (χ2n) is 5.61. The van der Waals surface area contributed by atoms with Crippen molar-refractivity contribution in [3.05, 3.63) is 18.2 Å². The number of nitrogens with one attached hydrogen (secondary N) is 1. The van der Waals surface area contributed by atoms with Crippen LogP contribution in [0.5, 0.6) is 11.5 Å². The molecule has 1 rings (SSSR count). The minimum Gasteiger partial charge on any atom is -0.544 e. The van der Waals surface area contributed by atoms with Gasteiger partial charge in [0.25, 0.3) is 0 Å². The fraction of sp³-hybridized carbons (Fsp3) is 0.500. The first kappa shape index (κ1) is 18.8. The first-order valence-electron chi connectivity index (χ1n) is 7.43. The van der Waals surface area contributed by atoms with E-state index in [1.165, 1.54) is 14.2 Å². The van der Waals surface area contributed by atoms with Gasteiger partial charge in [-0.3, -0.25) is 4.79 Å². The van der Waals surface area contributed by atoms with E-state index in [2.05, 4.69) is 5.32 Å². The fourth-order valence-electron chi connectivity index (χ4n) is 2.01. The Kier molecular flexibility index (Phi) is 7.34. The van der Waals surface area contributed by atoms with E-state index in [4.69, 9.17) is 9.47 Å². The predicted octanol–water partition coefficient (Wildman–Crippen LogP) is -0.630. The largest absolute Gasteiger partial charge is 0.544 e. The Bertz CT molecular complexity index is 545. The van der Waals surface area contributed by atoms with Gasteiger partial charge in [-0.2, -0.15) is 0 Å². The van der Waals surface area contributed by atoms with E-state index in [0.717, 1.165) is 0 Å². The fourth-order valence-corrected chi connectivity index (χ4v) is 2.01. The van der Waals surface area contributed by atoms with Crippen molar-refractivity contribution in [1.29, 1.82) is 0 Å². The molecule has 0 saturated carbocycles. The van der Waals surface area contributed by atoms with Gasteiger partial charge in [-0.1, -0.05) is 13.8 Å². The molecule has 0 bridgehead atoms. The number of nitrogens with two attached hydrogens (primary N) is 1. The zero-order valence-corrected chi connectivity index (χ0v) is 13.9. The van der Waals surface area contributed by atoms with Crippen LogP contribution < -0.4 is 25.2 Å². The van der Waals surface area contributed by atoms with Gasteiger partial charge in [-0.05, 0) is 12.1 Å². The van der Waals surface area contributed by atoms with Crippen LogP contribution in [0, 0.1) is 5.92 Å². The third kappa shape index (κ3) is 6.15. The lowest BCUT2D eigenvalue weighted by molar-refractivity contribution is -0.686. The molecule has 0 aromatic heterocycles. The van der Waals surface area contributed by atoms with Gasteiger partial charge < -0.3 is 30.0 Å². The molecule has 128 valence electrons. The first-order chi connectivity index (χ1) is 10.9. The van der Waals surface area contributed by atoms with Gasteiger partial charge in [0.1, 0.15) is 17.5 Å². The van der Waals surface area contributed by atoms with Crippen molar-refractivity contribution in [3.8, 4) is 11.5 Å². The first-order valence-corrected chi connectivity index (χ1v) is 7.43. The normalized spacial score (nSPS) is 11.9. The van der Waals surface area contributed by atoms with E-state index in [1.807, 2.05) is 13.8 Å². The van der Waals surface area contributed by atoms with Crippen molar-refractivity contribution in [2.24, 2.45) is 5.92 Å². The van der Waals surface area contributed by atoms with E-state index in [0.29, 0.717) is 29.6 Å². The van der Waals surface area contributed by atoms with Crippen LogP contribution in [0.25, 0.3) is 0 Å². The Labute approximate surface area is 136 Å². The molecule has 0 aliphatic rings. The Morgan fingerprint density at radius 3 is 2.48 bits per heavy atom. The number of carboxylic acids is 1. The third-order valence-electron chi connectivity index (χ3n) is 3.28. The lowest BCUT2D eigenvalue weighted by atomic mass is 10.1. The highest BCUT2D eigenvalue weighted by molar-refractivity contribution is 5.94. The second-order valence-corrected chi connectivity index (χ2v) is 5.61. The third-order valence-corrected chi connectivity index (χ3v) is 3.28. The minimum absolute atomic E-state index is 0.185. The highest BCUT2D eigenvalue weighted by Gasteiger charge is 2.19. The number of anilines is 1. The predicted molar refractivity (Wildman–Crippen MR) is 83.2 cm³/mol. The van der Waals surface area contributed by atoms with E-state index in [-0.39, 0.29) is 6.42 Å². The van der Waals surface area contributed by atoms with Gasteiger partial charge in [-0.25, -0.2) is 0 Å². The summed E-state index contributed by atoms with van der Waals surface area (Å²) >= 11 is 0. The summed E-state index contributed by atoms with van der Waals surface area (Å²) in [4.78, 5) is 23.3. The average molecular weight is 324 g/mol. The molecule has 0 radical (unpaired) electrons. The summed E-state index contributed by atoms with van der Waals surface area (Å²) in [5.74, 6) is -0.332. The van der Waals surface area contributed by atoms with Crippen molar-refractivity contribution >= 4 is 17.6 Å². The summed E-state index contributed by atoms with van der Waals surface area (Å²) in [6.45, 7) is 4.56. The lowest BCUT2D eigenvalue weighted by Crippen LogP contribution is -2.94. The number of carbonyl (C=O) groups excluding carboxylic acids is 2. The molecular formula is C16H24N2O5. The van der Waals surface area contributed by atoms with Crippen molar-refractivity contribution in [2.45, 2.75) is 26.3 Å². The van der Waals surface area contributed by atoms with Crippen LogP contribution in [0.4, 0.5) is 5.69 Å². The maximum Gasteiger partial charge on any atom is 0.230 e. The van der Waals surface area contributed by atoms with Gasteiger partial charge in [0.15, 0.2) is 0 Å². The van der Waals surface area contributed by atoms with Crippen LogP contribution in [0.2, 0.25) is 0 Å². The summed E-state index contributed by atoms with van der Waals surface area (Å²) in [5.41, 5.74) is 0.429. The number of ether oxygens (including phenoxy) is 2. The van der Waals surface area contributed by atoms with Gasteiger partial charge in [-0.15, -0.1) is 0 Å². The number of amides is 1. The number of quaternary nitrogens is 1. The summed E-state index contributed by atoms with van der Waals surface area (Å²) < 4.78 is 10.3. The van der Waals surface area contributed by atoms with E-state index in [9.17, 15) is 14.7 Å². The van der Waals surface area contributed by atoms with Gasteiger partial charge in [0.2, 0.25) is 5.91 Å². The molecule has 0 heterocycles. The number of aliphatic carboxylic acids is 1. The smallest absolute Gasteiger partial charge is 0.230 e. The van der Waals surface area contributed by atoms with Gasteiger partial charge in [0, 0.05) is 12.0 Å². The molecule has 1 amide bonds. The van der Waals surface area contributed by atoms with Crippen LogP contribution in [0.15, 0.2) is 18.2 Å². The summed E-state index contributed by atoms with van der Waals surface area (Å²) in [5, 5.41) is 15.4. The van der Waals surface area contributed by atoms with Crippen LogP contribution in [0.1, 0.15) is 20.3 Å². The zero-order valence-electron chi connectivity index (χ0n) is 13.9. The standard InChI is InChI=1S/C16H24N2O5/c1-10(2)9-17-13(16(20)21)8-15(19)18-12-7-11(22-3)5-6-14(12)23-4/h5-7,10,13,17H,8-9H2,1-4H3,(H,18,19)(H,20,21)/t13-/m0/s1. The molecule has 7 heteroatoms. The summed E-state index contributed by atoms with van der Waals surface area (Å²) in [7, 11) is 3.00. The maximum atomic E-state index is 12.1. The summed E-state index contributed by atoms with van der Waals surface area (Å²) in [6, 6.07) is 4.06. The van der Waals surface area contributed by atoms with Crippen molar-refractivity contribution < 1.29 is 29.5 Å². The molecule has 0 aliphatic carbocycles. The second kappa shape index (κ2) is 8.99. The molecule has 0 spiro atoms. The SMILES string of the molecule is COc1ccc(OC)c(NC(=O)C[C@H]([NH2+]CC(C)C)C(=O)[O-])c1. The molecule has 23 heavy (non-hydrogen) atoms. The Balaban J connectivity index is 2.75. The Hall–Kier alpha value is -2.28. The maximum absolute atomic E-state index is 12.1. The van der Waals surface area contributed by atoms with E-state index in [1.54, 1.807) is 23.5 Å². The lowest BCUT2D eigenvalue weighted by Gasteiger charge is -2.18. The van der Waals surface area contributed by atoms with Crippen LogP contribution in [-0.2, 0) is 9.59 Å². The Morgan fingerprint density at radius 2 is 1.96 bits per heavy atom. The molecule has 0 saturated heterocycles. The molecule has 0 aliphatic heterocycles. The summed E-state index contributed by atoms with van der Waals surface area (Å²) in [6.07, 6.45) is -0.185. The molecule has 7 nitrogen and oxygen atoms in total. The molecule has 1 aromatic rings. The minimum atomic E-state index is -1.25. The van der Waals surface area contributed by atoms with E-state index >= 15 is 0 Å². The molecular weight excluding hydrogens is 300 g/mol. The number of rotatable bonds is 9. The highest BCUT2D eigenvalue weighted by Crippen LogP contribution is 2.28. The quantitative estimate of drug-likeness (QED) is 0.629. The molecule has 0 unspecified atom stereocenters. The highest BCUT2D eigenvalue weighted by atomic mass is 16.5. The topological polar surface area (TPSA) is 104 Å². The molecule has 1 aromatic carbocycles. The molecule has 3 N–H and O–H groups in total. The number of carboxylic acid groups (broad SMARTS) is 1. The monoisotopic (exact) mass is 324 g/mol. The van der Waals surface area contributed by atoms with Crippen molar-refractivity contribution in [3.63, 3.8) is 0 Å². The zero-order chi connectivity index (χ0) is 17.4. The number of hydrogen-bond acceptors (Lipinski definition) is 5. The van der Waals surface area contributed by atoms with Crippen molar-refractivity contribution in [1.82, 2.24) is 0 Å². The van der Waals surface area contributed by atoms with Crippen LogP contribution in [-0.4, -0.2) is 38.7 Å².